The monoisotopic (exact) mass is 355 g/mol. The third-order valence-electron chi connectivity index (χ3n) is 5.03. The van der Waals surface area contributed by atoms with E-state index in [0.717, 1.165) is 49.0 Å². The first kappa shape index (κ1) is 18.5. The van der Waals surface area contributed by atoms with Crippen molar-refractivity contribution in [2.75, 3.05) is 20.2 Å². The van der Waals surface area contributed by atoms with Crippen molar-refractivity contribution in [1.82, 2.24) is 20.4 Å². The lowest BCUT2D eigenvalue weighted by Gasteiger charge is -2.24. The molecule has 1 aliphatic rings. The number of para-hydroxylation sites is 1. The highest BCUT2D eigenvalue weighted by Gasteiger charge is 2.29. The summed E-state index contributed by atoms with van der Waals surface area (Å²) >= 11 is 0. The van der Waals surface area contributed by atoms with Gasteiger partial charge in [-0.3, -0.25) is 4.99 Å². The number of hydrogen-bond donors (Lipinski definition) is 2. The summed E-state index contributed by atoms with van der Waals surface area (Å²) in [5, 5.41) is 11.5. The number of nitrogens with one attached hydrogen (secondary N) is 2. The van der Waals surface area contributed by atoms with Gasteiger partial charge in [-0.25, -0.2) is 4.68 Å². The maximum absolute atomic E-state index is 5.83. The Labute approximate surface area is 155 Å². The van der Waals surface area contributed by atoms with Gasteiger partial charge in [-0.15, -0.1) is 0 Å². The summed E-state index contributed by atoms with van der Waals surface area (Å²) in [4.78, 5) is 4.33. The second-order valence-corrected chi connectivity index (χ2v) is 7.08. The average molecular weight is 355 g/mol. The predicted molar refractivity (Wildman–Crippen MR) is 105 cm³/mol. The highest BCUT2D eigenvalue weighted by Crippen LogP contribution is 2.23. The van der Waals surface area contributed by atoms with E-state index in [0.29, 0.717) is 6.54 Å². The third kappa shape index (κ3) is 4.07. The first-order chi connectivity index (χ1) is 12.5. The van der Waals surface area contributed by atoms with E-state index in [-0.39, 0.29) is 5.60 Å². The number of hydrogen-bond acceptors (Lipinski definition) is 3. The van der Waals surface area contributed by atoms with E-state index in [2.05, 4.69) is 41.6 Å². The average Bonchev–Trinajstić information content (AvgIpc) is 3.20. The fourth-order valence-corrected chi connectivity index (χ4v) is 3.39. The maximum Gasteiger partial charge on any atom is 0.191 e. The largest absolute Gasteiger partial charge is 0.373 e. The molecule has 3 rings (SSSR count). The molecule has 140 valence electrons. The minimum absolute atomic E-state index is 0.0956. The van der Waals surface area contributed by atoms with Crippen molar-refractivity contribution < 1.29 is 4.74 Å². The molecule has 6 heteroatoms. The highest BCUT2D eigenvalue weighted by molar-refractivity contribution is 5.79. The van der Waals surface area contributed by atoms with Gasteiger partial charge in [-0.1, -0.05) is 18.2 Å². The fraction of sp³-hybridized carbons (Fsp3) is 0.500. The van der Waals surface area contributed by atoms with E-state index >= 15 is 0 Å². The Morgan fingerprint density at radius 1 is 1.27 bits per heavy atom. The summed E-state index contributed by atoms with van der Waals surface area (Å²) in [6, 6.07) is 10.2. The van der Waals surface area contributed by atoms with Crippen molar-refractivity contribution in [1.29, 1.82) is 0 Å². The first-order valence-electron chi connectivity index (χ1n) is 9.21. The van der Waals surface area contributed by atoms with Crippen LogP contribution in [0, 0.1) is 13.8 Å². The summed E-state index contributed by atoms with van der Waals surface area (Å²) in [7, 11) is 1.79. The smallest absolute Gasteiger partial charge is 0.191 e. The number of rotatable bonds is 5. The molecule has 1 aromatic carbocycles. The van der Waals surface area contributed by atoms with E-state index in [1.807, 2.05) is 29.8 Å². The summed E-state index contributed by atoms with van der Waals surface area (Å²) in [5.41, 5.74) is 4.35. The Kier molecular flexibility index (Phi) is 5.61. The van der Waals surface area contributed by atoms with Crippen molar-refractivity contribution in [3.63, 3.8) is 0 Å². The second-order valence-electron chi connectivity index (χ2n) is 7.08. The Bertz CT molecular complexity index is 760. The lowest BCUT2D eigenvalue weighted by atomic mass is 10.0. The number of aliphatic imine (C=N–C) groups is 1. The molecule has 26 heavy (non-hydrogen) atoms. The van der Waals surface area contributed by atoms with Crippen molar-refractivity contribution in [3.05, 3.63) is 47.3 Å². The molecule has 6 nitrogen and oxygen atoms in total. The summed E-state index contributed by atoms with van der Waals surface area (Å²) in [6.45, 7) is 8.59. The number of ether oxygens (including phenoxy) is 1. The molecule has 0 spiro atoms. The zero-order valence-electron chi connectivity index (χ0n) is 16.2. The molecule has 2 aromatic rings. The van der Waals surface area contributed by atoms with Crippen molar-refractivity contribution in [2.45, 2.75) is 45.8 Å². The van der Waals surface area contributed by atoms with E-state index in [1.54, 1.807) is 7.05 Å². The topological polar surface area (TPSA) is 63.5 Å². The molecule has 1 aromatic heterocycles. The van der Waals surface area contributed by atoms with E-state index in [4.69, 9.17) is 9.84 Å². The molecule has 1 aliphatic heterocycles. The summed E-state index contributed by atoms with van der Waals surface area (Å²) < 4.78 is 7.83. The number of guanidine groups is 1. The minimum Gasteiger partial charge on any atom is -0.373 e. The minimum atomic E-state index is -0.0956. The number of aryl methyl sites for hydroxylation is 1. The summed E-state index contributed by atoms with van der Waals surface area (Å²) in [6.07, 6.45) is 2.21. The van der Waals surface area contributed by atoms with Gasteiger partial charge in [-0.2, -0.15) is 5.10 Å². The SMILES string of the molecule is CN=C(NCc1c(C)nn(-c2ccccc2)c1C)NCC1(C)CCCO1. The van der Waals surface area contributed by atoms with Crippen LogP contribution in [0.1, 0.15) is 36.7 Å². The van der Waals surface area contributed by atoms with Gasteiger partial charge in [0, 0.05) is 38.0 Å². The molecule has 1 atom stereocenters. The van der Waals surface area contributed by atoms with Crippen LogP contribution in [0.4, 0.5) is 0 Å². The van der Waals surface area contributed by atoms with Crippen LogP contribution in [0.3, 0.4) is 0 Å². The molecule has 0 bridgehead atoms. The number of nitrogens with zero attached hydrogens (tertiary/aromatic N) is 3. The maximum atomic E-state index is 5.83. The molecule has 1 unspecified atom stereocenters. The molecular formula is C20H29N5O. The van der Waals surface area contributed by atoms with Gasteiger partial charge in [0.05, 0.1) is 17.0 Å². The van der Waals surface area contributed by atoms with Crippen molar-refractivity contribution >= 4 is 5.96 Å². The van der Waals surface area contributed by atoms with Crippen LogP contribution in [-0.4, -0.2) is 41.5 Å². The van der Waals surface area contributed by atoms with Gasteiger partial charge in [0.25, 0.3) is 0 Å². The third-order valence-corrected chi connectivity index (χ3v) is 5.03. The lowest BCUT2D eigenvalue weighted by Crippen LogP contribution is -2.45. The molecule has 1 fully saturated rings. The van der Waals surface area contributed by atoms with E-state index < -0.39 is 0 Å². The summed E-state index contributed by atoms with van der Waals surface area (Å²) in [5.74, 6) is 0.785. The quantitative estimate of drug-likeness (QED) is 0.639. The van der Waals surface area contributed by atoms with Crippen LogP contribution in [-0.2, 0) is 11.3 Å². The molecule has 0 aliphatic carbocycles. The fourth-order valence-electron chi connectivity index (χ4n) is 3.39. The molecule has 2 heterocycles. The normalized spacial score (nSPS) is 20.4. The predicted octanol–water partition coefficient (Wildman–Crippen LogP) is 2.72. The molecular weight excluding hydrogens is 326 g/mol. The van der Waals surface area contributed by atoms with Gasteiger partial charge in [0.15, 0.2) is 5.96 Å². The van der Waals surface area contributed by atoms with Gasteiger partial charge >= 0.3 is 0 Å². The lowest BCUT2D eigenvalue weighted by molar-refractivity contribution is 0.0243. The van der Waals surface area contributed by atoms with E-state index in [9.17, 15) is 0 Å². The van der Waals surface area contributed by atoms with Gasteiger partial charge < -0.3 is 15.4 Å². The molecule has 0 radical (unpaired) electrons. The Morgan fingerprint density at radius 2 is 2.04 bits per heavy atom. The molecule has 1 saturated heterocycles. The Morgan fingerprint density at radius 3 is 2.69 bits per heavy atom. The van der Waals surface area contributed by atoms with Crippen molar-refractivity contribution in [2.24, 2.45) is 4.99 Å². The zero-order valence-corrected chi connectivity index (χ0v) is 16.2. The van der Waals surface area contributed by atoms with Crippen LogP contribution < -0.4 is 10.6 Å². The standard InChI is InChI=1S/C20H29N5O/c1-15-18(16(2)25(24-15)17-9-6-5-7-10-17)13-22-19(21-4)23-14-20(3)11-8-12-26-20/h5-7,9-10H,8,11-14H2,1-4H3,(H2,21,22,23). The molecule has 0 saturated carbocycles. The van der Waals surface area contributed by atoms with Gasteiger partial charge in [0.1, 0.15) is 0 Å². The van der Waals surface area contributed by atoms with E-state index in [1.165, 1.54) is 5.56 Å². The number of aromatic nitrogens is 2. The van der Waals surface area contributed by atoms with Crippen LogP contribution in [0.5, 0.6) is 0 Å². The molecule has 2 N–H and O–H groups in total. The van der Waals surface area contributed by atoms with Gasteiger partial charge in [0.2, 0.25) is 0 Å². The Hall–Kier alpha value is -2.34. The number of benzene rings is 1. The van der Waals surface area contributed by atoms with Crippen LogP contribution >= 0.6 is 0 Å². The van der Waals surface area contributed by atoms with Crippen LogP contribution in [0.2, 0.25) is 0 Å². The first-order valence-corrected chi connectivity index (χ1v) is 9.21. The Balaban J connectivity index is 1.64. The van der Waals surface area contributed by atoms with Crippen LogP contribution in [0.15, 0.2) is 35.3 Å². The van der Waals surface area contributed by atoms with Gasteiger partial charge in [-0.05, 0) is 45.7 Å². The van der Waals surface area contributed by atoms with Crippen molar-refractivity contribution in [3.8, 4) is 5.69 Å². The molecule has 0 amide bonds. The highest BCUT2D eigenvalue weighted by atomic mass is 16.5. The van der Waals surface area contributed by atoms with Crippen LogP contribution in [0.25, 0.3) is 5.69 Å². The zero-order chi connectivity index (χ0) is 18.6. The second kappa shape index (κ2) is 7.91.